The number of hydrogen-bond acceptors (Lipinski definition) is 1. The number of benzene rings is 1. The topological polar surface area (TPSA) is 0 Å². The SMILES string of the molecule is ClC1c2ccccc2CC1Cc1ccsc1. The van der Waals surface area contributed by atoms with Crippen LogP contribution in [0.2, 0.25) is 0 Å². The van der Waals surface area contributed by atoms with Gasteiger partial charge in [0.05, 0.1) is 5.38 Å². The van der Waals surface area contributed by atoms with Crippen LogP contribution in [0, 0.1) is 5.92 Å². The Labute approximate surface area is 105 Å². The van der Waals surface area contributed by atoms with Gasteiger partial charge in [0.2, 0.25) is 0 Å². The van der Waals surface area contributed by atoms with Gasteiger partial charge in [0.15, 0.2) is 0 Å². The molecule has 1 aliphatic rings. The first-order valence-electron chi connectivity index (χ1n) is 5.57. The Morgan fingerprint density at radius 2 is 2.12 bits per heavy atom. The summed E-state index contributed by atoms with van der Waals surface area (Å²) in [5.41, 5.74) is 4.19. The highest BCUT2D eigenvalue weighted by atomic mass is 35.5. The minimum Gasteiger partial charge on any atom is -0.152 e. The highest BCUT2D eigenvalue weighted by Crippen LogP contribution is 2.42. The Bertz CT molecular complexity index is 473. The average Bonchev–Trinajstić information content (AvgIpc) is 2.90. The summed E-state index contributed by atoms with van der Waals surface area (Å²) >= 11 is 8.29. The smallest absolute Gasteiger partial charge is 0.0622 e. The second-order valence-electron chi connectivity index (χ2n) is 4.40. The molecule has 2 heteroatoms. The van der Waals surface area contributed by atoms with E-state index in [1.54, 1.807) is 11.3 Å². The number of halogens is 1. The maximum atomic E-state index is 6.53. The molecule has 1 heterocycles. The van der Waals surface area contributed by atoms with Crippen LogP contribution in [-0.2, 0) is 12.8 Å². The fourth-order valence-electron chi connectivity index (χ4n) is 2.52. The number of rotatable bonds is 2. The molecular formula is C14H13ClS. The Hall–Kier alpha value is -0.790. The molecule has 0 fully saturated rings. The van der Waals surface area contributed by atoms with Gasteiger partial charge in [-0.05, 0) is 52.3 Å². The number of thiophene rings is 1. The van der Waals surface area contributed by atoms with Gasteiger partial charge in [-0.15, -0.1) is 11.6 Å². The zero-order chi connectivity index (χ0) is 11.0. The number of alkyl halides is 1. The van der Waals surface area contributed by atoms with E-state index >= 15 is 0 Å². The van der Waals surface area contributed by atoms with Crippen molar-refractivity contribution in [2.24, 2.45) is 5.92 Å². The Morgan fingerprint density at radius 3 is 2.88 bits per heavy atom. The van der Waals surface area contributed by atoms with Crippen molar-refractivity contribution in [1.82, 2.24) is 0 Å². The first-order chi connectivity index (χ1) is 7.84. The number of hydrogen-bond donors (Lipinski definition) is 0. The molecular weight excluding hydrogens is 236 g/mol. The molecule has 1 aromatic carbocycles. The van der Waals surface area contributed by atoms with E-state index in [-0.39, 0.29) is 5.38 Å². The van der Waals surface area contributed by atoms with Gasteiger partial charge in [0.1, 0.15) is 0 Å². The molecule has 0 saturated carbocycles. The lowest BCUT2D eigenvalue weighted by Crippen LogP contribution is -2.05. The third kappa shape index (κ3) is 1.79. The molecule has 0 N–H and O–H groups in total. The predicted molar refractivity (Wildman–Crippen MR) is 70.3 cm³/mol. The Morgan fingerprint density at radius 1 is 1.25 bits per heavy atom. The molecule has 2 aromatic rings. The van der Waals surface area contributed by atoms with E-state index in [0.717, 1.165) is 12.8 Å². The summed E-state index contributed by atoms with van der Waals surface area (Å²) in [7, 11) is 0. The van der Waals surface area contributed by atoms with Crippen molar-refractivity contribution >= 4 is 22.9 Å². The van der Waals surface area contributed by atoms with Crippen molar-refractivity contribution in [2.75, 3.05) is 0 Å². The van der Waals surface area contributed by atoms with Crippen LogP contribution in [0.5, 0.6) is 0 Å². The third-order valence-corrected chi connectivity index (χ3v) is 4.65. The van der Waals surface area contributed by atoms with Gasteiger partial charge < -0.3 is 0 Å². The molecule has 0 amide bonds. The van der Waals surface area contributed by atoms with Crippen LogP contribution in [0.3, 0.4) is 0 Å². The minimum atomic E-state index is 0.191. The molecule has 0 radical (unpaired) electrons. The first-order valence-corrected chi connectivity index (χ1v) is 6.95. The minimum absolute atomic E-state index is 0.191. The van der Waals surface area contributed by atoms with Gasteiger partial charge in [-0.2, -0.15) is 11.3 Å². The van der Waals surface area contributed by atoms with Crippen LogP contribution in [0.1, 0.15) is 22.1 Å². The van der Waals surface area contributed by atoms with Crippen LogP contribution in [0.4, 0.5) is 0 Å². The summed E-state index contributed by atoms with van der Waals surface area (Å²) < 4.78 is 0. The predicted octanol–water partition coefficient (Wildman–Crippen LogP) is 4.44. The zero-order valence-electron chi connectivity index (χ0n) is 8.90. The molecule has 16 heavy (non-hydrogen) atoms. The van der Waals surface area contributed by atoms with Gasteiger partial charge in [-0.3, -0.25) is 0 Å². The molecule has 3 rings (SSSR count). The van der Waals surface area contributed by atoms with E-state index in [4.69, 9.17) is 11.6 Å². The van der Waals surface area contributed by atoms with Crippen LogP contribution in [0.25, 0.3) is 0 Å². The van der Waals surface area contributed by atoms with Gasteiger partial charge in [-0.25, -0.2) is 0 Å². The van der Waals surface area contributed by atoms with Crippen molar-refractivity contribution in [1.29, 1.82) is 0 Å². The molecule has 2 unspecified atom stereocenters. The molecule has 0 aliphatic heterocycles. The fraction of sp³-hybridized carbons (Fsp3) is 0.286. The van der Waals surface area contributed by atoms with Gasteiger partial charge in [0, 0.05) is 0 Å². The van der Waals surface area contributed by atoms with Gasteiger partial charge in [-0.1, -0.05) is 24.3 Å². The van der Waals surface area contributed by atoms with Crippen LogP contribution in [0.15, 0.2) is 41.1 Å². The molecule has 0 bridgehead atoms. The summed E-state index contributed by atoms with van der Waals surface area (Å²) in [6, 6.07) is 10.8. The highest BCUT2D eigenvalue weighted by Gasteiger charge is 2.30. The van der Waals surface area contributed by atoms with Gasteiger partial charge in [0.25, 0.3) is 0 Å². The molecule has 1 aliphatic carbocycles. The van der Waals surface area contributed by atoms with Crippen molar-refractivity contribution in [2.45, 2.75) is 18.2 Å². The van der Waals surface area contributed by atoms with Gasteiger partial charge >= 0.3 is 0 Å². The monoisotopic (exact) mass is 248 g/mol. The lowest BCUT2D eigenvalue weighted by Gasteiger charge is -2.12. The molecule has 1 aromatic heterocycles. The van der Waals surface area contributed by atoms with E-state index in [1.807, 2.05) is 0 Å². The Balaban J connectivity index is 1.82. The average molecular weight is 249 g/mol. The summed E-state index contributed by atoms with van der Waals surface area (Å²) in [5.74, 6) is 0.564. The lowest BCUT2D eigenvalue weighted by molar-refractivity contribution is 0.544. The fourth-order valence-corrected chi connectivity index (χ4v) is 3.59. The maximum absolute atomic E-state index is 6.53. The van der Waals surface area contributed by atoms with Crippen molar-refractivity contribution in [3.63, 3.8) is 0 Å². The molecule has 0 saturated heterocycles. The zero-order valence-corrected chi connectivity index (χ0v) is 10.5. The van der Waals surface area contributed by atoms with Crippen LogP contribution < -0.4 is 0 Å². The Kier molecular flexibility index (Phi) is 2.74. The second-order valence-corrected chi connectivity index (χ2v) is 5.65. The molecule has 2 atom stereocenters. The number of fused-ring (bicyclic) bond motifs is 1. The normalized spacial score (nSPS) is 23.3. The largest absolute Gasteiger partial charge is 0.152 e. The van der Waals surface area contributed by atoms with E-state index < -0.39 is 0 Å². The molecule has 0 spiro atoms. The maximum Gasteiger partial charge on any atom is 0.0622 e. The van der Waals surface area contributed by atoms with Crippen molar-refractivity contribution in [3.8, 4) is 0 Å². The third-order valence-electron chi connectivity index (χ3n) is 3.33. The van der Waals surface area contributed by atoms with Crippen molar-refractivity contribution in [3.05, 3.63) is 57.8 Å². The van der Waals surface area contributed by atoms with Crippen molar-refractivity contribution < 1.29 is 0 Å². The highest BCUT2D eigenvalue weighted by molar-refractivity contribution is 7.07. The quantitative estimate of drug-likeness (QED) is 0.689. The lowest BCUT2D eigenvalue weighted by atomic mass is 9.98. The van der Waals surface area contributed by atoms with E-state index in [2.05, 4.69) is 41.1 Å². The molecule has 82 valence electrons. The van der Waals surface area contributed by atoms with E-state index in [9.17, 15) is 0 Å². The summed E-state index contributed by atoms with van der Waals surface area (Å²) in [6.07, 6.45) is 2.23. The van der Waals surface area contributed by atoms with E-state index in [1.165, 1.54) is 16.7 Å². The second kappa shape index (κ2) is 4.23. The first kappa shape index (κ1) is 10.4. The van der Waals surface area contributed by atoms with Crippen LogP contribution in [-0.4, -0.2) is 0 Å². The van der Waals surface area contributed by atoms with E-state index in [0.29, 0.717) is 5.92 Å². The van der Waals surface area contributed by atoms with Crippen LogP contribution >= 0.6 is 22.9 Å². The summed E-state index contributed by atoms with van der Waals surface area (Å²) in [5, 5.41) is 4.56. The summed E-state index contributed by atoms with van der Waals surface area (Å²) in [4.78, 5) is 0. The summed E-state index contributed by atoms with van der Waals surface area (Å²) in [6.45, 7) is 0. The molecule has 0 nitrogen and oxygen atoms in total. The standard InChI is InChI=1S/C14H13ClS/c15-14-12(7-10-5-6-16-9-10)8-11-3-1-2-4-13(11)14/h1-6,9,12,14H,7-8H2.